The van der Waals surface area contributed by atoms with E-state index in [2.05, 4.69) is 46.1 Å². The fourth-order valence-electron chi connectivity index (χ4n) is 4.02. The Bertz CT molecular complexity index is 393. The van der Waals surface area contributed by atoms with Crippen molar-refractivity contribution in [3.63, 3.8) is 0 Å². The van der Waals surface area contributed by atoms with E-state index in [1.807, 2.05) is 7.05 Å². The van der Waals surface area contributed by atoms with Gasteiger partial charge in [0.2, 0.25) is 0 Å². The van der Waals surface area contributed by atoms with Crippen molar-refractivity contribution in [1.82, 2.24) is 15.5 Å². The minimum Gasteiger partial charge on any atom is -0.381 e. The number of piperidine rings is 1. The molecular weight excluding hydrogens is 332 g/mol. The third kappa shape index (κ3) is 6.65. The summed E-state index contributed by atoms with van der Waals surface area (Å²) in [5.41, 5.74) is 0. The molecule has 0 aromatic heterocycles. The average Bonchev–Trinajstić information content (AvgIpc) is 2.66. The smallest absolute Gasteiger partial charge is 0.191 e. The zero-order chi connectivity index (χ0) is 18.0. The summed E-state index contributed by atoms with van der Waals surface area (Å²) >= 11 is 2.07. The maximum atomic E-state index is 5.56. The van der Waals surface area contributed by atoms with Gasteiger partial charge in [-0.05, 0) is 44.4 Å². The number of nitrogens with zero attached hydrogens (tertiary/aromatic N) is 2. The van der Waals surface area contributed by atoms with Gasteiger partial charge in [-0.25, -0.2) is 0 Å². The molecule has 0 aromatic carbocycles. The van der Waals surface area contributed by atoms with Crippen molar-refractivity contribution in [3.8, 4) is 0 Å². The molecule has 2 aliphatic heterocycles. The second-order valence-corrected chi connectivity index (χ2v) is 8.91. The molecule has 1 atom stereocenters. The number of hydrogen-bond acceptors (Lipinski definition) is 4. The van der Waals surface area contributed by atoms with Crippen LogP contribution in [0.15, 0.2) is 4.99 Å². The zero-order valence-electron chi connectivity index (χ0n) is 16.5. The fraction of sp³-hybridized carbons (Fsp3) is 0.947. The van der Waals surface area contributed by atoms with Crippen LogP contribution >= 0.6 is 11.8 Å². The number of aliphatic imine (C=N–C) groups is 1. The first kappa shape index (κ1) is 20.8. The Morgan fingerprint density at radius 2 is 2.04 bits per heavy atom. The number of hydrogen-bond donors (Lipinski definition) is 2. The van der Waals surface area contributed by atoms with Gasteiger partial charge in [-0.15, -0.1) is 0 Å². The van der Waals surface area contributed by atoms with E-state index < -0.39 is 0 Å². The predicted molar refractivity (Wildman–Crippen MR) is 110 cm³/mol. The summed E-state index contributed by atoms with van der Waals surface area (Å²) in [5, 5.41) is 7.09. The maximum Gasteiger partial charge on any atom is 0.191 e. The Hall–Kier alpha value is -0.460. The zero-order valence-corrected chi connectivity index (χ0v) is 17.3. The third-order valence-electron chi connectivity index (χ3n) is 5.57. The summed E-state index contributed by atoms with van der Waals surface area (Å²) in [6, 6.07) is 0.775. The van der Waals surface area contributed by atoms with Crippen molar-refractivity contribution in [2.24, 2.45) is 4.99 Å². The lowest BCUT2D eigenvalue weighted by molar-refractivity contribution is 0.0782. The van der Waals surface area contributed by atoms with E-state index in [9.17, 15) is 0 Å². The van der Waals surface area contributed by atoms with Gasteiger partial charge in [0.05, 0.1) is 0 Å². The minimum absolute atomic E-state index is 0.296. The molecule has 0 aliphatic carbocycles. The lowest BCUT2D eigenvalue weighted by atomic mass is 9.99. The van der Waals surface area contributed by atoms with Crippen LogP contribution in [0.4, 0.5) is 0 Å². The molecular formula is C19H38N4OS. The Labute approximate surface area is 158 Å². The van der Waals surface area contributed by atoms with E-state index in [1.165, 1.54) is 32.2 Å². The van der Waals surface area contributed by atoms with Crippen LogP contribution in [0.25, 0.3) is 0 Å². The van der Waals surface area contributed by atoms with Gasteiger partial charge in [0.25, 0.3) is 0 Å². The average molecular weight is 371 g/mol. The first-order valence-corrected chi connectivity index (χ1v) is 11.1. The van der Waals surface area contributed by atoms with Crippen LogP contribution in [0.5, 0.6) is 0 Å². The Kier molecular flexibility index (Phi) is 9.42. The summed E-state index contributed by atoms with van der Waals surface area (Å²) in [6.07, 6.45) is 7.63. The van der Waals surface area contributed by atoms with Gasteiger partial charge in [-0.3, -0.25) is 9.89 Å². The Morgan fingerprint density at radius 3 is 2.72 bits per heavy atom. The summed E-state index contributed by atoms with van der Waals surface area (Å²) in [7, 11) is 1.87. The van der Waals surface area contributed by atoms with Crippen LogP contribution in [0.2, 0.25) is 0 Å². The molecule has 6 heteroatoms. The first-order chi connectivity index (χ1) is 12.2. The fourth-order valence-corrected chi connectivity index (χ4v) is 5.26. The molecule has 2 N–H and O–H groups in total. The first-order valence-electron chi connectivity index (χ1n) is 10.1. The van der Waals surface area contributed by atoms with Crippen molar-refractivity contribution in [2.75, 3.05) is 52.2 Å². The maximum absolute atomic E-state index is 5.56. The molecule has 2 heterocycles. The molecule has 2 aliphatic rings. The van der Waals surface area contributed by atoms with Gasteiger partial charge in [0, 0.05) is 50.7 Å². The highest BCUT2D eigenvalue weighted by molar-refractivity contribution is 8.00. The molecule has 0 saturated carbocycles. The Morgan fingerprint density at radius 1 is 1.24 bits per heavy atom. The molecule has 2 rings (SSSR count). The Balaban J connectivity index is 1.74. The molecule has 0 radical (unpaired) electrons. The predicted octanol–water partition coefficient (Wildman–Crippen LogP) is 2.72. The summed E-state index contributed by atoms with van der Waals surface area (Å²) in [5.74, 6) is 2.09. The van der Waals surface area contributed by atoms with Gasteiger partial charge >= 0.3 is 0 Å². The molecule has 0 spiro atoms. The van der Waals surface area contributed by atoms with Crippen LogP contribution < -0.4 is 10.6 Å². The van der Waals surface area contributed by atoms with E-state index >= 15 is 0 Å². The van der Waals surface area contributed by atoms with E-state index in [0.29, 0.717) is 4.75 Å². The molecule has 2 saturated heterocycles. The normalized spacial score (nSPS) is 24.9. The van der Waals surface area contributed by atoms with Crippen molar-refractivity contribution in [1.29, 1.82) is 0 Å². The van der Waals surface area contributed by atoms with Crippen molar-refractivity contribution >= 4 is 17.7 Å². The molecule has 0 bridgehead atoms. The highest BCUT2D eigenvalue weighted by Crippen LogP contribution is 2.34. The van der Waals surface area contributed by atoms with E-state index in [-0.39, 0.29) is 0 Å². The third-order valence-corrected chi connectivity index (χ3v) is 7.02. The van der Waals surface area contributed by atoms with Gasteiger partial charge in [-0.2, -0.15) is 11.8 Å². The van der Waals surface area contributed by atoms with Gasteiger partial charge in [0.15, 0.2) is 5.96 Å². The topological polar surface area (TPSA) is 48.9 Å². The van der Waals surface area contributed by atoms with Gasteiger partial charge in [0.1, 0.15) is 0 Å². The number of guanidine groups is 1. The molecule has 25 heavy (non-hydrogen) atoms. The van der Waals surface area contributed by atoms with E-state index in [4.69, 9.17) is 4.74 Å². The van der Waals surface area contributed by atoms with Crippen molar-refractivity contribution in [2.45, 2.75) is 63.2 Å². The monoisotopic (exact) mass is 370 g/mol. The number of thioether (sulfide) groups is 1. The van der Waals surface area contributed by atoms with Crippen molar-refractivity contribution < 1.29 is 4.74 Å². The van der Waals surface area contributed by atoms with Gasteiger partial charge in [-0.1, -0.05) is 20.3 Å². The van der Waals surface area contributed by atoms with Crippen molar-refractivity contribution in [3.05, 3.63) is 0 Å². The summed E-state index contributed by atoms with van der Waals surface area (Å²) < 4.78 is 5.86. The van der Waals surface area contributed by atoms with Gasteiger partial charge < -0.3 is 15.4 Å². The lowest BCUT2D eigenvalue weighted by Gasteiger charge is -2.37. The quantitative estimate of drug-likeness (QED) is 0.508. The summed E-state index contributed by atoms with van der Waals surface area (Å²) in [4.78, 5) is 7.07. The molecule has 0 amide bonds. The minimum atomic E-state index is 0.296. The van der Waals surface area contributed by atoms with Crippen LogP contribution in [0.3, 0.4) is 0 Å². The van der Waals surface area contributed by atoms with E-state index in [0.717, 1.165) is 63.4 Å². The summed E-state index contributed by atoms with van der Waals surface area (Å²) in [6.45, 7) is 10.6. The molecule has 146 valence electrons. The molecule has 0 aromatic rings. The van der Waals surface area contributed by atoms with E-state index in [1.54, 1.807) is 0 Å². The second-order valence-electron chi connectivity index (χ2n) is 7.17. The molecule has 5 nitrogen and oxygen atoms in total. The van der Waals surface area contributed by atoms with Crippen LogP contribution in [-0.4, -0.2) is 73.8 Å². The van der Waals surface area contributed by atoms with Crippen LogP contribution in [0.1, 0.15) is 52.4 Å². The lowest BCUT2D eigenvalue weighted by Crippen LogP contribution is -2.50. The highest BCUT2D eigenvalue weighted by atomic mass is 32.2. The van der Waals surface area contributed by atoms with Crippen LogP contribution in [0, 0.1) is 0 Å². The second kappa shape index (κ2) is 11.3. The largest absolute Gasteiger partial charge is 0.381 e. The van der Waals surface area contributed by atoms with Crippen LogP contribution in [-0.2, 0) is 4.74 Å². The number of rotatable bonds is 8. The number of nitrogens with one attached hydrogen (secondary N) is 2. The SMILES string of the molecule is CCSC1(CNC(=NC)NCCN2CCCCC2CC)CCOCC1. The molecule has 1 unspecified atom stereocenters. The molecule has 2 fully saturated rings. The highest BCUT2D eigenvalue weighted by Gasteiger charge is 2.32. The standard InChI is InChI=1S/C19H38N4OS/c1-4-17-8-6-7-12-23(17)13-11-21-18(20-3)22-16-19(25-5-2)9-14-24-15-10-19/h17H,4-16H2,1-3H3,(H2,20,21,22). The number of ether oxygens (including phenoxy) is 1. The number of likely N-dealkylation sites (tertiary alicyclic amines) is 1.